The molecule has 0 bridgehead atoms. The Bertz CT molecular complexity index is 903. The molecule has 1 aliphatic rings. The van der Waals surface area contributed by atoms with Crippen LogP contribution in [0.3, 0.4) is 0 Å². The molecule has 1 saturated heterocycles. The van der Waals surface area contributed by atoms with Crippen LogP contribution in [0.5, 0.6) is 0 Å². The molecule has 10 heteroatoms. The van der Waals surface area contributed by atoms with Crippen molar-refractivity contribution in [3.8, 4) is 0 Å². The monoisotopic (exact) mass is 432 g/mol. The Labute approximate surface area is 165 Å². The van der Waals surface area contributed by atoms with Crippen molar-refractivity contribution in [1.29, 1.82) is 0 Å². The molecule has 1 N–H and O–H groups in total. The zero-order chi connectivity index (χ0) is 20.4. The number of carbonyl (C=O) groups is 1. The van der Waals surface area contributed by atoms with Crippen molar-refractivity contribution in [3.05, 3.63) is 52.9 Å². The molecule has 0 aliphatic carbocycles. The highest BCUT2D eigenvalue weighted by Crippen LogP contribution is 2.29. The van der Waals surface area contributed by atoms with Gasteiger partial charge in [0.2, 0.25) is 15.9 Å². The quantitative estimate of drug-likeness (QED) is 0.789. The molecule has 0 saturated carbocycles. The number of piperidine rings is 1. The number of nitrogens with zero attached hydrogens (tertiary/aromatic N) is 1. The predicted octanol–water partition coefficient (Wildman–Crippen LogP) is 3.28. The molecule has 0 spiro atoms. The van der Waals surface area contributed by atoms with E-state index in [-0.39, 0.29) is 22.6 Å². The molecule has 152 valence electrons. The van der Waals surface area contributed by atoms with Gasteiger partial charge >= 0.3 is 6.18 Å². The van der Waals surface area contributed by atoms with Crippen LogP contribution in [0.25, 0.3) is 0 Å². The first kappa shape index (κ1) is 20.8. The number of halogens is 3. The van der Waals surface area contributed by atoms with Gasteiger partial charge in [0, 0.05) is 19.1 Å². The molecule has 1 aromatic heterocycles. The second kappa shape index (κ2) is 8.22. The van der Waals surface area contributed by atoms with Gasteiger partial charge in [-0.15, -0.1) is 11.3 Å². The highest BCUT2D eigenvalue weighted by Gasteiger charge is 2.30. The summed E-state index contributed by atoms with van der Waals surface area (Å²) < 4.78 is 65.2. The third-order valence-corrected chi connectivity index (χ3v) is 7.48. The van der Waals surface area contributed by atoms with Gasteiger partial charge in [-0.3, -0.25) is 4.79 Å². The van der Waals surface area contributed by atoms with Crippen LogP contribution in [0.4, 0.5) is 13.2 Å². The van der Waals surface area contributed by atoms with E-state index in [1.54, 1.807) is 16.3 Å². The van der Waals surface area contributed by atoms with Gasteiger partial charge in [0.1, 0.15) is 4.21 Å². The number of carbonyl (C=O) groups excluding carboxylic acids is 1. The van der Waals surface area contributed by atoms with Crippen LogP contribution in [0.1, 0.15) is 24.0 Å². The van der Waals surface area contributed by atoms with E-state index in [4.69, 9.17) is 0 Å². The number of hydrogen-bond donors (Lipinski definition) is 1. The largest absolute Gasteiger partial charge is 0.416 e. The maximum atomic E-state index is 12.6. The molecule has 1 amide bonds. The topological polar surface area (TPSA) is 66.5 Å². The number of rotatable bonds is 5. The third kappa shape index (κ3) is 5.12. The van der Waals surface area contributed by atoms with Crippen LogP contribution < -0.4 is 4.72 Å². The zero-order valence-corrected chi connectivity index (χ0v) is 16.4. The van der Waals surface area contributed by atoms with Crippen LogP contribution in [-0.2, 0) is 27.4 Å². The van der Waals surface area contributed by atoms with Crippen molar-refractivity contribution in [3.63, 3.8) is 0 Å². The Morgan fingerprint density at radius 2 is 1.79 bits per heavy atom. The summed E-state index contributed by atoms with van der Waals surface area (Å²) in [5.74, 6) is -0.181. The molecule has 28 heavy (non-hydrogen) atoms. The Morgan fingerprint density at radius 1 is 1.14 bits per heavy atom. The Balaban J connectivity index is 1.51. The van der Waals surface area contributed by atoms with E-state index in [0.717, 1.165) is 23.5 Å². The highest BCUT2D eigenvalue weighted by molar-refractivity contribution is 7.91. The number of nitrogens with one attached hydrogen (secondary N) is 1. The second-order valence-corrected chi connectivity index (χ2v) is 9.47. The van der Waals surface area contributed by atoms with Gasteiger partial charge in [-0.1, -0.05) is 18.2 Å². The van der Waals surface area contributed by atoms with Crippen molar-refractivity contribution in [2.45, 2.75) is 35.7 Å². The fourth-order valence-electron chi connectivity index (χ4n) is 3.04. The number of benzene rings is 1. The maximum Gasteiger partial charge on any atom is 0.416 e. The predicted molar refractivity (Wildman–Crippen MR) is 99.4 cm³/mol. The van der Waals surface area contributed by atoms with E-state index in [1.165, 1.54) is 18.2 Å². The van der Waals surface area contributed by atoms with Crippen molar-refractivity contribution >= 4 is 27.3 Å². The summed E-state index contributed by atoms with van der Waals surface area (Å²) in [4.78, 5) is 14.0. The minimum Gasteiger partial charge on any atom is -0.342 e. The molecule has 2 heterocycles. The molecular weight excluding hydrogens is 413 g/mol. The molecule has 1 aromatic carbocycles. The summed E-state index contributed by atoms with van der Waals surface area (Å²) in [5, 5.41) is 1.69. The average molecular weight is 432 g/mol. The van der Waals surface area contributed by atoms with Crippen molar-refractivity contribution in [2.75, 3.05) is 13.1 Å². The summed E-state index contributed by atoms with van der Waals surface area (Å²) in [6.45, 7) is 0.800. The standard InChI is InChI=1S/C18H19F3N2O3S2/c19-18(20,21)14-5-3-13(4-6-14)12-16(24)23-9-7-15(8-10-23)22-28(25,26)17-2-1-11-27-17/h1-6,11,15,22H,7-10,12H2. The Morgan fingerprint density at radius 3 is 2.32 bits per heavy atom. The first-order valence-corrected chi connectivity index (χ1v) is 11.0. The van der Waals surface area contributed by atoms with E-state index >= 15 is 0 Å². The van der Waals surface area contributed by atoms with Crippen LogP contribution in [0, 0.1) is 0 Å². The van der Waals surface area contributed by atoms with Crippen LogP contribution in [-0.4, -0.2) is 38.4 Å². The SMILES string of the molecule is O=C(Cc1ccc(C(F)(F)F)cc1)N1CCC(NS(=O)(=O)c2cccs2)CC1. The molecule has 0 radical (unpaired) electrons. The first-order valence-electron chi connectivity index (χ1n) is 8.65. The Kier molecular flexibility index (Phi) is 6.11. The van der Waals surface area contributed by atoms with Crippen LogP contribution in [0.2, 0.25) is 0 Å². The number of alkyl halides is 3. The van der Waals surface area contributed by atoms with E-state index < -0.39 is 21.8 Å². The molecule has 1 aliphatic heterocycles. The van der Waals surface area contributed by atoms with Crippen molar-refractivity contribution < 1.29 is 26.4 Å². The second-order valence-electron chi connectivity index (χ2n) is 6.58. The normalized spacial score (nSPS) is 16.3. The fourth-order valence-corrected chi connectivity index (χ4v) is 5.35. The minimum absolute atomic E-state index is 0.0176. The number of amides is 1. The first-order chi connectivity index (χ1) is 13.1. The summed E-state index contributed by atoms with van der Waals surface area (Å²) >= 11 is 1.14. The zero-order valence-electron chi connectivity index (χ0n) is 14.8. The highest BCUT2D eigenvalue weighted by atomic mass is 32.2. The van der Waals surface area contributed by atoms with Crippen LogP contribution in [0.15, 0.2) is 46.0 Å². The van der Waals surface area contributed by atoms with Crippen molar-refractivity contribution in [2.24, 2.45) is 0 Å². The number of sulfonamides is 1. The average Bonchev–Trinajstić information content (AvgIpc) is 3.17. The molecule has 2 aromatic rings. The lowest BCUT2D eigenvalue weighted by Gasteiger charge is -2.32. The number of thiophene rings is 1. The van der Waals surface area contributed by atoms with E-state index in [0.29, 0.717) is 31.5 Å². The summed E-state index contributed by atoms with van der Waals surface area (Å²) in [6.07, 6.45) is -3.41. The van der Waals surface area contributed by atoms with Gasteiger partial charge in [-0.2, -0.15) is 13.2 Å². The fraction of sp³-hybridized carbons (Fsp3) is 0.389. The molecular formula is C18H19F3N2O3S2. The lowest BCUT2D eigenvalue weighted by Crippen LogP contribution is -2.46. The van der Waals surface area contributed by atoms with E-state index in [1.807, 2.05) is 0 Å². The molecule has 5 nitrogen and oxygen atoms in total. The number of hydrogen-bond acceptors (Lipinski definition) is 4. The van der Waals surface area contributed by atoms with Crippen LogP contribution >= 0.6 is 11.3 Å². The Hall–Kier alpha value is -1.91. The van der Waals surface area contributed by atoms with Gasteiger partial charge in [0.05, 0.1) is 12.0 Å². The number of likely N-dealkylation sites (tertiary alicyclic amines) is 1. The van der Waals surface area contributed by atoms with E-state index in [2.05, 4.69) is 4.72 Å². The third-order valence-electron chi connectivity index (χ3n) is 4.57. The van der Waals surface area contributed by atoms with Gasteiger partial charge in [-0.05, 0) is 42.0 Å². The minimum atomic E-state index is -4.40. The van der Waals surface area contributed by atoms with Gasteiger partial charge < -0.3 is 4.90 Å². The maximum absolute atomic E-state index is 12.6. The van der Waals surface area contributed by atoms with Gasteiger partial charge in [0.15, 0.2) is 0 Å². The molecule has 0 unspecified atom stereocenters. The molecule has 3 rings (SSSR count). The lowest BCUT2D eigenvalue weighted by molar-refractivity contribution is -0.137. The molecule has 0 atom stereocenters. The summed E-state index contributed by atoms with van der Waals surface area (Å²) in [5.41, 5.74) is -0.235. The smallest absolute Gasteiger partial charge is 0.342 e. The molecule has 1 fully saturated rings. The lowest BCUT2D eigenvalue weighted by atomic mass is 10.0. The van der Waals surface area contributed by atoms with E-state index in [9.17, 15) is 26.4 Å². The van der Waals surface area contributed by atoms with Crippen molar-refractivity contribution in [1.82, 2.24) is 9.62 Å². The summed E-state index contributed by atoms with van der Waals surface area (Å²) in [6, 6.07) is 7.51. The van der Waals surface area contributed by atoms with Gasteiger partial charge in [-0.25, -0.2) is 13.1 Å². The van der Waals surface area contributed by atoms with Gasteiger partial charge in [0.25, 0.3) is 0 Å². The summed E-state index contributed by atoms with van der Waals surface area (Å²) in [7, 11) is -3.55.